The van der Waals surface area contributed by atoms with Crippen LogP contribution in [0.3, 0.4) is 0 Å². The average molecular weight is 215 g/mol. The third kappa shape index (κ3) is 1.59. The zero-order valence-electron chi connectivity index (χ0n) is 9.28. The molecule has 3 fully saturated rings. The number of nitrogens with zero attached hydrogens (tertiary/aromatic N) is 1. The topological polar surface area (TPSA) is 25.0 Å². The standard InChI is InChI=1S/C11H18FNO2/c1-11(2)13-8(6-14-11)4-3-7(12)5-9-10(13)15-9/h7-10H,3-6H2,1-2H3/t7?,8-,9?,10?/m1/s1. The first kappa shape index (κ1) is 10.00. The molecular formula is C11H18FNO2. The predicted octanol–water partition coefficient (Wildman–Crippen LogP) is 1.67. The number of rotatable bonds is 0. The number of hydrogen-bond acceptors (Lipinski definition) is 3. The molecule has 0 bridgehead atoms. The molecule has 3 saturated heterocycles. The molecule has 0 N–H and O–H groups in total. The van der Waals surface area contributed by atoms with E-state index in [1.54, 1.807) is 0 Å². The normalized spacial score (nSPS) is 49.0. The fraction of sp³-hybridized carbons (Fsp3) is 1.00. The molecule has 15 heavy (non-hydrogen) atoms. The van der Waals surface area contributed by atoms with E-state index in [1.807, 2.05) is 0 Å². The van der Waals surface area contributed by atoms with Crippen molar-refractivity contribution in [2.24, 2.45) is 0 Å². The summed E-state index contributed by atoms with van der Waals surface area (Å²) in [4.78, 5) is 2.30. The molecule has 3 aliphatic rings. The lowest BCUT2D eigenvalue weighted by molar-refractivity contribution is -0.0732. The molecule has 3 unspecified atom stereocenters. The molecular weight excluding hydrogens is 197 g/mol. The van der Waals surface area contributed by atoms with Crippen LogP contribution in [0.4, 0.5) is 4.39 Å². The van der Waals surface area contributed by atoms with Crippen molar-refractivity contribution in [3.63, 3.8) is 0 Å². The Morgan fingerprint density at radius 3 is 2.93 bits per heavy atom. The Balaban J connectivity index is 1.81. The van der Waals surface area contributed by atoms with Crippen LogP contribution in [0.1, 0.15) is 33.1 Å². The second-order valence-electron chi connectivity index (χ2n) is 5.29. The van der Waals surface area contributed by atoms with Crippen molar-refractivity contribution in [3.05, 3.63) is 0 Å². The van der Waals surface area contributed by atoms with Gasteiger partial charge in [-0.1, -0.05) is 0 Å². The first-order valence-corrected chi connectivity index (χ1v) is 5.80. The molecule has 0 spiro atoms. The minimum absolute atomic E-state index is 0.101. The third-order valence-electron chi connectivity index (χ3n) is 3.78. The van der Waals surface area contributed by atoms with E-state index >= 15 is 0 Å². The number of epoxide rings is 1. The molecule has 4 atom stereocenters. The summed E-state index contributed by atoms with van der Waals surface area (Å²) in [6, 6.07) is 0.341. The van der Waals surface area contributed by atoms with E-state index in [0.29, 0.717) is 25.5 Å². The van der Waals surface area contributed by atoms with E-state index in [1.165, 1.54) is 0 Å². The van der Waals surface area contributed by atoms with Crippen molar-refractivity contribution < 1.29 is 13.9 Å². The molecule has 0 aromatic heterocycles. The quantitative estimate of drug-likeness (QED) is 0.575. The molecule has 0 saturated carbocycles. The lowest BCUT2D eigenvalue weighted by atomic mass is 10.0. The van der Waals surface area contributed by atoms with Gasteiger partial charge in [0.1, 0.15) is 24.2 Å². The van der Waals surface area contributed by atoms with Gasteiger partial charge in [-0.3, -0.25) is 0 Å². The zero-order valence-corrected chi connectivity index (χ0v) is 9.28. The van der Waals surface area contributed by atoms with E-state index < -0.39 is 6.17 Å². The van der Waals surface area contributed by atoms with Gasteiger partial charge in [-0.05, 0) is 26.7 Å². The van der Waals surface area contributed by atoms with Crippen molar-refractivity contribution in [2.75, 3.05) is 6.61 Å². The SMILES string of the molecule is CC1(C)OC[C@H]2CCC(F)CC3OC3N21. The minimum Gasteiger partial charge on any atom is -0.359 e. The lowest BCUT2D eigenvalue weighted by Gasteiger charge is -2.33. The summed E-state index contributed by atoms with van der Waals surface area (Å²) in [5.41, 5.74) is -0.243. The van der Waals surface area contributed by atoms with Crippen LogP contribution in [-0.2, 0) is 9.47 Å². The molecule has 3 aliphatic heterocycles. The van der Waals surface area contributed by atoms with Crippen molar-refractivity contribution in [1.29, 1.82) is 0 Å². The molecule has 3 nitrogen and oxygen atoms in total. The van der Waals surface area contributed by atoms with Gasteiger partial charge in [-0.2, -0.15) is 0 Å². The van der Waals surface area contributed by atoms with E-state index in [4.69, 9.17) is 9.47 Å². The van der Waals surface area contributed by atoms with Crippen LogP contribution in [-0.4, -0.2) is 41.8 Å². The van der Waals surface area contributed by atoms with E-state index in [-0.39, 0.29) is 18.1 Å². The monoisotopic (exact) mass is 215 g/mol. The maximum atomic E-state index is 13.4. The molecule has 3 heterocycles. The van der Waals surface area contributed by atoms with Crippen LogP contribution in [0, 0.1) is 0 Å². The first-order valence-electron chi connectivity index (χ1n) is 5.80. The largest absolute Gasteiger partial charge is 0.359 e. The minimum atomic E-state index is -0.689. The van der Waals surface area contributed by atoms with Gasteiger partial charge in [0.05, 0.1) is 6.61 Å². The smallest absolute Gasteiger partial charge is 0.140 e. The van der Waals surface area contributed by atoms with Crippen molar-refractivity contribution >= 4 is 0 Å². The molecule has 86 valence electrons. The van der Waals surface area contributed by atoms with Crippen LogP contribution in [0.2, 0.25) is 0 Å². The molecule has 0 amide bonds. The fourth-order valence-corrected chi connectivity index (χ4v) is 2.92. The van der Waals surface area contributed by atoms with Crippen LogP contribution in [0.25, 0.3) is 0 Å². The number of hydrogen-bond donors (Lipinski definition) is 0. The molecule has 3 rings (SSSR count). The Kier molecular flexibility index (Phi) is 2.10. The summed E-state index contributed by atoms with van der Waals surface area (Å²) in [5, 5.41) is 0. The number of fused-ring (bicyclic) bond motifs is 3. The fourth-order valence-electron chi connectivity index (χ4n) is 2.92. The summed E-state index contributed by atoms with van der Waals surface area (Å²) in [6.45, 7) is 4.85. The van der Waals surface area contributed by atoms with Gasteiger partial charge >= 0.3 is 0 Å². The molecule has 0 radical (unpaired) electrons. The highest BCUT2D eigenvalue weighted by Crippen LogP contribution is 2.43. The highest BCUT2D eigenvalue weighted by Gasteiger charge is 2.56. The zero-order chi connectivity index (χ0) is 10.6. The average Bonchev–Trinajstić information content (AvgIpc) is 2.77. The molecule has 0 aromatic rings. The second-order valence-corrected chi connectivity index (χ2v) is 5.29. The summed E-state index contributed by atoms with van der Waals surface area (Å²) in [5.74, 6) is 0. The Morgan fingerprint density at radius 1 is 1.33 bits per heavy atom. The van der Waals surface area contributed by atoms with Gasteiger partial charge in [0.2, 0.25) is 0 Å². The Labute approximate surface area is 89.5 Å². The van der Waals surface area contributed by atoms with Crippen LogP contribution in [0.5, 0.6) is 0 Å². The third-order valence-corrected chi connectivity index (χ3v) is 3.78. The number of ether oxygens (including phenoxy) is 2. The van der Waals surface area contributed by atoms with Gasteiger partial charge in [-0.15, -0.1) is 0 Å². The van der Waals surface area contributed by atoms with E-state index in [2.05, 4.69) is 18.7 Å². The highest BCUT2D eigenvalue weighted by atomic mass is 19.1. The van der Waals surface area contributed by atoms with E-state index in [0.717, 1.165) is 6.42 Å². The van der Waals surface area contributed by atoms with Gasteiger partial charge in [0, 0.05) is 12.5 Å². The summed E-state index contributed by atoms with van der Waals surface area (Å²) >= 11 is 0. The predicted molar refractivity (Wildman–Crippen MR) is 53.1 cm³/mol. The Bertz CT molecular complexity index is 271. The van der Waals surface area contributed by atoms with Gasteiger partial charge in [0.25, 0.3) is 0 Å². The second kappa shape index (κ2) is 3.15. The Morgan fingerprint density at radius 2 is 2.13 bits per heavy atom. The van der Waals surface area contributed by atoms with Gasteiger partial charge in [-0.25, -0.2) is 9.29 Å². The van der Waals surface area contributed by atoms with Crippen molar-refractivity contribution in [2.45, 2.75) is 63.4 Å². The highest BCUT2D eigenvalue weighted by molar-refractivity contribution is 4.99. The van der Waals surface area contributed by atoms with E-state index in [9.17, 15) is 4.39 Å². The number of halogens is 1. The van der Waals surface area contributed by atoms with Crippen molar-refractivity contribution in [3.8, 4) is 0 Å². The Hall–Kier alpha value is -0.190. The van der Waals surface area contributed by atoms with Crippen LogP contribution in [0.15, 0.2) is 0 Å². The summed E-state index contributed by atoms with van der Waals surface area (Å²) in [6.07, 6.45) is 1.61. The molecule has 0 aromatic carbocycles. The number of alkyl halides is 1. The maximum Gasteiger partial charge on any atom is 0.140 e. The lowest BCUT2D eigenvalue weighted by Crippen LogP contribution is -2.47. The van der Waals surface area contributed by atoms with Crippen LogP contribution >= 0.6 is 0 Å². The van der Waals surface area contributed by atoms with Gasteiger partial charge in [0.15, 0.2) is 0 Å². The maximum absolute atomic E-state index is 13.4. The van der Waals surface area contributed by atoms with Crippen molar-refractivity contribution in [1.82, 2.24) is 4.90 Å². The molecule has 4 heteroatoms. The first-order chi connectivity index (χ1) is 7.08. The van der Waals surface area contributed by atoms with Gasteiger partial charge < -0.3 is 9.47 Å². The van der Waals surface area contributed by atoms with Crippen LogP contribution < -0.4 is 0 Å². The summed E-state index contributed by atoms with van der Waals surface area (Å²) < 4.78 is 24.7. The summed E-state index contributed by atoms with van der Waals surface area (Å²) in [7, 11) is 0. The molecule has 0 aliphatic carbocycles.